The first-order valence-corrected chi connectivity index (χ1v) is 9.39. The summed E-state index contributed by atoms with van der Waals surface area (Å²) in [6, 6.07) is 16.3. The van der Waals surface area contributed by atoms with Gasteiger partial charge >= 0.3 is 0 Å². The van der Waals surface area contributed by atoms with E-state index in [-0.39, 0.29) is 12.5 Å². The summed E-state index contributed by atoms with van der Waals surface area (Å²) >= 11 is 7.67. The smallest absolute Gasteiger partial charge is 0.264 e. The van der Waals surface area contributed by atoms with Crippen LogP contribution < -0.4 is 9.64 Å². The van der Waals surface area contributed by atoms with Crippen LogP contribution in [0.3, 0.4) is 0 Å². The number of amides is 1. The van der Waals surface area contributed by atoms with Crippen LogP contribution in [-0.4, -0.2) is 18.0 Å². The molecule has 0 radical (unpaired) electrons. The molecule has 5 nitrogen and oxygen atoms in total. The number of aromatic nitrogens is 1. The summed E-state index contributed by atoms with van der Waals surface area (Å²) in [5, 5.41) is 1.10. The Bertz CT molecular complexity index is 1090. The van der Waals surface area contributed by atoms with Crippen LogP contribution >= 0.6 is 22.9 Å². The van der Waals surface area contributed by atoms with Gasteiger partial charge in [-0.1, -0.05) is 41.1 Å². The van der Waals surface area contributed by atoms with E-state index in [1.165, 1.54) is 11.3 Å². The Labute approximate surface area is 164 Å². The predicted octanol–water partition coefficient (Wildman–Crippen LogP) is 5.40. The van der Waals surface area contributed by atoms with Crippen molar-refractivity contribution in [3.05, 3.63) is 77.2 Å². The van der Waals surface area contributed by atoms with Crippen LogP contribution in [-0.2, 0) is 6.54 Å². The molecule has 2 aromatic carbocycles. The van der Waals surface area contributed by atoms with E-state index in [1.54, 1.807) is 48.6 Å². The normalized spacial score (nSPS) is 10.9. The van der Waals surface area contributed by atoms with Gasteiger partial charge in [0.2, 0.25) is 0 Å². The molecule has 0 spiro atoms. The van der Waals surface area contributed by atoms with E-state index < -0.39 is 0 Å². The Hall–Kier alpha value is -2.83. The lowest BCUT2D eigenvalue weighted by Gasteiger charge is -2.20. The number of hydrogen-bond donors (Lipinski definition) is 0. The van der Waals surface area contributed by atoms with Crippen LogP contribution in [0.1, 0.15) is 16.1 Å². The van der Waals surface area contributed by atoms with Gasteiger partial charge in [-0.3, -0.25) is 9.69 Å². The maximum atomic E-state index is 13.4. The van der Waals surface area contributed by atoms with E-state index in [0.717, 1.165) is 4.70 Å². The zero-order valence-corrected chi connectivity index (χ0v) is 16.0. The quantitative estimate of drug-likeness (QED) is 0.451. The molecule has 0 atom stereocenters. The van der Waals surface area contributed by atoms with Crippen molar-refractivity contribution < 1.29 is 13.9 Å². The van der Waals surface area contributed by atoms with Gasteiger partial charge in [0.05, 0.1) is 35.2 Å². The molecule has 0 bridgehead atoms. The highest BCUT2D eigenvalue weighted by atomic mass is 35.5. The number of furan rings is 1. The average molecular weight is 399 g/mol. The van der Waals surface area contributed by atoms with Gasteiger partial charge in [0.25, 0.3) is 5.91 Å². The molecule has 2 heterocycles. The standard InChI is InChI=1S/C20H15ClN2O3S/c1-25-16-9-3-2-7-14(16)19(24)23(12-13-6-5-11-26-13)20-22-18-15(21)8-4-10-17(18)27-20/h2-11H,12H2,1H3. The van der Waals surface area contributed by atoms with E-state index in [9.17, 15) is 4.79 Å². The molecule has 27 heavy (non-hydrogen) atoms. The largest absolute Gasteiger partial charge is 0.496 e. The first kappa shape index (κ1) is 17.6. The van der Waals surface area contributed by atoms with Gasteiger partial charge in [0, 0.05) is 0 Å². The fourth-order valence-corrected chi connectivity index (χ4v) is 4.03. The molecular formula is C20H15ClN2O3S. The maximum absolute atomic E-state index is 13.4. The number of rotatable bonds is 5. The second-order valence-electron chi connectivity index (χ2n) is 5.75. The van der Waals surface area contributed by atoms with Crippen molar-refractivity contribution >= 4 is 44.2 Å². The Morgan fingerprint density at radius 1 is 1.19 bits per heavy atom. The Balaban J connectivity index is 1.80. The van der Waals surface area contributed by atoms with Crippen molar-refractivity contribution in [1.29, 1.82) is 0 Å². The molecular weight excluding hydrogens is 384 g/mol. The van der Waals surface area contributed by atoms with Crippen molar-refractivity contribution in [2.24, 2.45) is 0 Å². The Morgan fingerprint density at radius 3 is 2.78 bits per heavy atom. The summed E-state index contributed by atoms with van der Waals surface area (Å²) in [5.41, 5.74) is 1.13. The first-order chi connectivity index (χ1) is 13.2. The molecule has 4 rings (SSSR count). The zero-order valence-electron chi connectivity index (χ0n) is 14.4. The second kappa shape index (κ2) is 7.42. The highest BCUT2D eigenvalue weighted by Gasteiger charge is 2.25. The summed E-state index contributed by atoms with van der Waals surface area (Å²) < 4.78 is 11.7. The van der Waals surface area contributed by atoms with Crippen LogP contribution in [0.2, 0.25) is 5.02 Å². The number of benzene rings is 2. The molecule has 1 amide bonds. The van der Waals surface area contributed by atoms with Gasteiger partial charge in [0.15, 0.2) is 5.13 Å². The molecule has 0 N–H and O–H groups in total. The molecule has 2 aromatic heterocycles. The lowest BCUT2D eigenvalue weighted by atomic mass is 10.1. The Morgan fingerprint density at radius 2 is 2.04 bits per heavy atom. The summed E-state index contributed by atoms with van der Waals surface area (Å²) in [6.45, 7) is 0.251. The van der Waals surface area contributed by atoms with Crippen molar-refractivity contribution in [3.63, 3.8) is 0 Å². The van der Waals surface area contributed by atoms with Crippen LogP contribution in [0, 0.1) is 0 Å². The fraction of sp³-hybridized carbons (Fsp3) is 0.100. The molecule has 0 saturated heterocycles. The number of anilines is 1. The monoisotopic (exact) mass is 398 g/mol. The van der Waals surface area contributed by atoms with Gasteiger partial charge in [0.1, 0.15) is 17.0 Å². The van der Waals surface area contributed by atoms with Crippen molar-refractivity contribution in [1.82, 2.24) is 4.98 Å². The number of thiazole rings is 1. The third kappa shape index (κ3) is 3.41. The molecule has 0 aliphatic carbocycles. The van der Waals surface area contributed by atoms with E-state index in [4.69, 9.17) is 20.8 Å². The lowest BCUT2D eigenvalue weighted by molar-refractivity contribution is 0.0980. The number of methoxy groups -OCH3 is 1. The van der Waals surface area contributed by atoms with Gasteiger partial charge in [-0.25, -0.2) is 4.98 Å². The van der Waals surface area contributed by atoms with Gasteiger partial charge < -0.3 is 9.15 Å². The Kier molecular flexibility index (Phi) is 4.83. The van der Waals surface area contributed by atoms with Crippen molar-refractivity contribution in [3.8, 4) is 5.75 Å². The lowest BCUT2D eigenvalue weighted by Crippen LogP contribution is -2.30. The number of halogens is 1. The predicted molar refractivity (Wildman–Crippen MR) is 107 cm³/mol. The SMILES string of the molecule is COc1ccccc1C(=O)N(Cc1ccco1)c1nc2c(Cl)cccc2s1. The van der Waals surface area contributed by atoms with E-state index in [2.05, 4.69) is 4.98 Å². The summed E-state index contributed by atoms with van der Waals surface area (Å²) in [7, 11) is 1.54. The van der Waals surface area contributed by atoms with Crippen molar-refractivity contribution in [2.75, 3.05) is 12.0 Å². The van der Waals surface area contributed by atoms with Gasteiger partial charge in [-0.05, 0) is 36.4 Å². The number of fused-ring (bicyclic) bond motifs is 1. The summed E-state index contributed by atoms with van der Waals surface area (Å²) in [4.78, 5) is 19.5. The average Bonchev–Trinajstić information content (AvgIpc) is 3.35. The number of ether oxygens (including phenoxy) is 1. The number of para-hydroxylation sites is 2. The minimum absolute atomic E-state index is 0.223. The third-order valence-corrected chi connectivity index (χ3v) is 5.41. The molecule has 0 aliphatic heterocycles. The topological polar surface area (TPSA) is 55.6 Å². The van der Waals surface area contributed by atoms with Gasteiger partial charge in [-0.15, -0.1) is 0 Å². The highest BCUT2D eigenvalue weighted by molar-refractivity contribution is 7.22. The molecule has 4 aromatic rings. The molecule has 0 aliphatic rings. The number of carbonyl (C=O) groups excluding carboxylic acids is 1. The fourth-order valence-electron chi connectivity index (χ4n) is 2.77. The van der Waals surface area contributed by atoms with E-state index >= 15 is 0 Å². The number of carbonyl (C=O) groups is 1. The van der Waals surface area contributed by atoms with Crippen LogP contribution in [0.15, 0.2) is 65.3 Å². The molecule has 7 heteroatoms. The van der Waals surface area contributed by atoms with Crippen LogP contribution in [0.4, 0.5) is 5.13 Å². The van der Waals surface area contributed by atoms with Gasteiger partial charge in [-0.2, -0.15) is 0 Å². The number of hydrogen-bond acceptors (Lipinski definition) is 5. The van der Waals surface area contributed by atoms with Crippen LogP contribution in [0.25, 0.3) is 10.2 Å². The van der Waals surface area contributed by atoms with Crippen LogP contribution in [0.5, 0.6) is 5.75 Å². The summed E-state index contributed by atoms with van der Waals surface area (Å²) in [6.07, 6.45) is 1.58. The molecule has 0 saturated carbocycles. The molecule has 136 valence electrons. The minimum atomic E-state index is -0.223. The first-order valence-electron chi connectivity index (χ1n) is 8.19. The minimum Gasteiger partial charge on any atom is -0.496 e. The number of nitrogens with zero attached hydrogens (tertiary/aromatic N) is 2. The van der Waals surface area contributed by atoms with E-state index in [1.807, 2.05) is 24.3 Å². The van der Waals surface area contributed by atoms with Crippen molar-refractivity contribution in [2.45, 2.75) is 6.54 Å². The summed E-state index contributed by atoms with van der Waals surface area (Å²) in [5.74, 6) is 0.939. The highest BCUT2D eigenvalue weighted by Crippen LogP contribution is 2.35. The van der Waals surface area contributed by atoms with E-state index in [0.29, 0.717) is 32.7 Å². The molecule has 0 unspecified atom stereocenters. The second-order valence-corrected chi connectivity index (χ2v) is 7.17. The zero-order chi connectivity index (χ0) is 18.8. The maximum Gasteiger partial charge on any atom is 0.264 e. The molecule has 0 fully saturated rings. The third-order valence-electron chi connectivity index (χ3n) is 4.07.